The van der Waals surface area contributed by atoms with Crippen LogP contribution in [0.1, 0.15) is 24.2 Å². The maximum atomic E-state index is 4.47. The van der Waals surface area contributed by atoms with E-state index in [0.717, 1.165) is 18.7 Å². The van der Waals surface area contributed by atoms with Crippen molar-refractivity contribution in [3.8, 4) is 0 Å². The maximum absolute atomic E-state index is 4.47. The first-order chi connectivity index (χ1) is 9.88. The Morgan fingerprint density at radius 2 is 2.00 bits per heavy atom. The molecule has 0 saturated heterocycles. The van der Waals surface area contributed by atoms with Crippen LogP contribution >= 0.6 is 11.3 Å². The summed E-state index contributed by atoms with van der Waals surface area (Å²) in [4.78, 5) is 4.47. The van der Waals surface area contributed by atoms with Gasteiger partial charge >= 0.3 is 0 Å². The van der Waals surface area contributed by atoms with Crippen LogP contribution in [0.25, 0.3) is 10.8 Å². The summed E-state index contributed by atoms with van der Waals surface area (Å²) in [7, 11) is 0. The van der Waals surface area contributed by atoms with Crippen molar-refractivity contribution in [2.24, 2.45) is 0 Å². The third-order valence-corrected chi connectivity index (χ3v) is 4.17. The van der Waals surface area contributed by atoms with Crippen molar-refractivity contribution in [1.29, 1.82) is 0 Å². The number of hydrogen-bond acceptors (Lipinski definition) is 3. The lowest BCUT2D eigenvalue weighted by Gasteiger charge is -2.17. The van der Waals surface area contributed by atoms with Gasteiger partial charge in [0.25, 0.3) is 0 Å². The lowest BCUT2D eigenvalue weighted by molar-refractivity contribution is 0.540. The smallest absolute Gasteiger partial charge is 0.0795 e. The first-order valence-corrected chi connectivity index (χ1v) is 7.91. The van der Waals surface area contributed by atoms with E-state index < -0.39 is 0 Å². The molecule has 2 aromatic carbocycles. The van der Waals surface area contributed by atoms with Gasteiger partial charge in [-0.2, -0.15) is 0 Å². The molecule has 0 spiro atoms. The number of aromatic nitrogens is 1. The van der Waals surface area contributed by atoms with E-state index >= 15 is 0 Å². The van der Waals surface area contributed by atoms with Crippen LogP contribution in [0.2, 0.25) is 0 Å². The van der Waals surface area contributed by atoms with Crippen molar-refractivity contribution in [2.45, 2.75) is 19.4 Å². The molecule has 1 heterocycles. The van der Waals surface area contributed by atoms with Crippen LogP contribution in [0.3, 0.4) is 0 Å². The number of hydrogen-bond donors (Lipinski definition) is 1. The van der Waals surface area contributed by atoms with Crippen LogP contribution in [-0.2, 0) is 6.42 Å². The molecule has 0 aliphatic rings. The van der Waals surface area contributed by atoms with E-state index in [1.165, 1.54) is 16.3 Å². The Balaban J connectivity index is 1.94. The average molecular weight is 282 g/mol. The lowest BCUT2D eigenvalue weighted by atomic mass is 9.97. The summed E-state index contributed by atoms with van der Waals surface area (Å²) in [5.74, 6) is 0. The summed E-state index contributed by atoms with van der Waals surface area (Å²) in [5, 5.41) is 8.32. The normalized spacial score (nSPS) is 12.7. The van der Waals surface area contributed by atoms with E-state index in [9.17, 15) is 0 Å². The topological polar surface area (TPSA) is 24.9 Å². The van der Waals surface area contributed by atoms with Crippen molar-refractivity contribution in [3.63, 3.8) is 0 Å². The van der Waals surface area contributed by atoms with Crippen LogP contribution in [0.15, 0.2) is 53.4 Å². The molecular formula is C17H18N2S. The minimum absolute atomic E-state index is 0.289. The van der Waals surface area contributed by atoms with Gasteiger partial charge < -0.3 is 5.32 Å². The van der Waals surface area contributed by atoms with Crippen molar-refractivity contribution < 1.29 is 0 Å². The van der Waals surface area contributed by atoms with Crippen LogP contribution in [-0.4, -0.2) is 11.5 Å². The highest BCUT2D eigenvalue weighted by molar-refractivity contribution is 7.07. The zero-order valence-corrected chi connectivity index (χ0v) is 12.4. The molecule has 0 amide bonds. The van der Waals surface area contributed by atoms with E-state index in [4.69, 9.17) is 0 Å². The van der Waals surface area contributed by atoms with Gasteiger partial charge in [0.1, 0.15) is 0 Å². The standard InChI is InChI=1S/C17H18N2S/c1-2-18-16(17-11-20-12-19-17)10-14-8-5-7-13-6-3-4-9-15(13)14/h3-9,11-12,16,18H,2,10H2,1H3. The van der Waals surface area contributed by atoms with Gasteiger partial charge in [-0.05, 0) is 29.3 Å². The number of benzene rings is 2. The zero-order chi connectivity index (χ0) is 13.8. The molecule has 3 aromatic rings. The molecule has 0 radical (unpaired) electrons. The summed E-state index contributed by atoms with van der Waals surface area (Å²) in [6.45, 7) is 3.09. The third kappa shape index (κ3) is 2.74. The fourth-order valence-corrected chi connectivity index (χ4v) is 3.22. The number of nitrogens with one attached hydrogen (secondary N) is 1. The molecule has 1 atom stereocenters. The van der Waals surface area contributed by atoms with Gasteiger partial charge in [0.2, 0.25) is 0 Å². The molecule has 0 aliphatic heterocycles. The van der Waals surface area contributed by atoms with Gasteiger partial charge in [0.15, 0.2) is 0 Å². The predicted molar refractivity (Wildman–Crippen MR) is 86.2 cm³/mol. The molecular weight excluding hydrogens is 264 g/mol. The Morgan fingerprint density at radius 1 is 1.15 bits per heavy atom. The van der Waals surface area contributed by atoms with Crippen molar-refractivity contribution in [2.75, 3.05) is 6.54 Å². The van der Waals surface area contributed by atoms with E-state index in [2.05, 4.69) is 65.1 Å². The Labute approximate surface area is 123 Å². The molecule has 3 heteroatoms. The van der Waals surface area contributed by atoms with Crippen molar-refractivity contribution in [1.82, 2.24) is 10.3 Å². The SMILES string of the molecule is CCNC(Cc1cccc2ccccc12)c1cscn1. The van der Waals surface area contributed by atoms with Crippen LogP contribution in [0, 0.1) is 0 Å². The molecule has 0 aliphatic carbocycles. The number of rotatable bonds is 5. The van der Waals surface area contributed by atoms with Crippen LogP contribution in [0.5, 0.6) is 0 Å². The summed E-state index contributed by atoms with van der Waals surface area (Å²) < 4.78 is 0. The molecule has 0 saturated carbocycles. The maximum Gasteiger partial charge on any atom is 0.0795 e. The number of thiazole rings is 1. The molecule has 0 fully saturated rings. The molecule has 102 valence electrons. The van der Waals surface area contributed by atoms with Gasteiger partial charge in [-0.25, -0.2) is 4.98 Å². The van der Waals surface area contributed by atoms with Gasteiger partial charge in [0.05, 0.1) is 17.2 Å². The largest absolute Gasteiger partial charge is 0.309 e. The number of nitrogens with zero attached hydrogens (tertiary/aromatic N) is 1. The number of likely N-dealkylation sites (N-methyl/N-ethyl adjacent to an activating group) is 1. The fourth-order valence-electron chi connectivity index (χ4n) is 2.61. The molecule has 20 heavy (non-hydrogen) atoms. The Bertz CT molecular complexity index is 671. The minimum atomic E-state index is 0.289. The van der Waals surface area contributed by atoms with Gasteiger partial charge in [0, 0.05) is 5.38 Å². The molecule has 2 nitrogen and oxygen atoms in total. The second-order valence-corrected chi connectivity index (χ2v) is 5.58. The summed E-state index contributed by atoms with van der Waals surface area (Å²) >= 11 is 1.66. The molecule has 0 bridgehead atoms. The second-order valence-electron chi connectivity index (χ2n) is 4.87. The van der Waals surface area contributed by atoms with Crippen LogP contribution in [0.4, 0.5) is 0 Å². The third-order valence-electron chi connectivity index (χ3n) is 3.56. The fraction of sp³-hybridized carbons (Fsp3) is 0.235. The van der Waals surface area contributed by atoms with Crippen LogP contribution < -0.4 is 5.32 Å². The van der Waals surface area contributed by atoms with E-state index in [-0.39, 0.29) is 6.04 Å². The first kappa shape index (κ1) is 13.3. The predicted octanol–water partition coefficient (Wildman–Crippen LogP) is 4.19. The molecule has 3 rings (SSSR count). The van der Waals surface area contributed by atoms with E-state index in [0.29, 0.717) is 0 Å². The second kappa shape index (κ2) is 6.16. The monoisotopic (exact) mass is 282 g/mol. The molecule has 1 N–H and O–H groups in total. The Morgan fingerprint density at radius 3 is 2.80 bits per heavy atom. The quantitative estimate of drug-likeness (QED) is 0.759. The highest BCUT2D eigenvalue weighted by Crippen LogP contribution is 2.24. The van der Waals surface area contributed by atoms with Gasteiger partial charge in [-0.1, -0.05) is 49.4 Å². The minimum Gasteiger partial charge on any atom is -0.309 e. The first-order valence-electron chi connectivity index (χ1n) is 6.96. The van der Waals surface area contributed by atoms with E-state index in [1.807, 2.05) is 5.51 Å². The molecule has 1 unspecified atom stereocenters. The van der Waals surface area contributed by atoms with E-state index in [1.54, 1.807) is 11.3 Å². The van der Waals surface area contributed by atoms with Crippen molar-refractivity contribution >= 4 is 22.1 Å². The summed E-state index contributed by atoms with van der Waals surface area (Å²) in [6, 6.07) is 15.4. The summed E-state index contributed by atoms with van der Waals surface area (Å²) in [6.07, 6.45) is 0.971. The Kier molecular flexibility index (Phi) is 4.09. The molecule has 1 aromatic heterocycles. The van der Waals surface area contributed by atoms with Crippen molar-refractivity contribution in [3.05, 3.63) is 64.6 Å². The highest BCUT2D eigenvalue weighted by atomic mass is 32.1. The number of fused-ring (bicyclic) bond motifs is 1. The zero-order valence-electron chi connectivity index (χ0n) is 11.5. The summed E-state index contributed by atoms with van der Waals surface area (Å²) in [5.41, 5.74) is 4.43. The van der Waals surface area contributed by atoms with Gasteiger partial charge in [-0.15, -0.1) is 11.3 Å². The Hall–Kier alpha value is -1.71. The average Bonchev–Trinajstić information content (AvgIpc) is 3.01. The lowest BCUT2D eigenvalue weighted by Crippen LogP contribution is -2.23. The van der Waals surface area contributed by atoms with Gasteiger partial charge in [-0.3, -0.25) is 0 Å². The highest BCUT2D eigenvalue weighted by Gasteiger charge is 2.14.